The van der Waals surface area contributed by atoms with Gasteiger partial charge in [-0.3, -0.25) is 19.4 Å². The fourth-order valence-electron chi connectivity index (χ4n) is 5.75. The molecular weight excluding hydrogens is 516 g/mol. The standard InChI is InChI=1S/C38H36N2O2/c1-37(2,3)27-21-17-25(18-22-27)33-31-32(36(42)39(33)29-13-9-7-10-14-29)34(26-19-23-28(24-20-26)38(4,5)6)40(35(31)41)30-15-11-8-12-16-30/h7-24H,1-6H3. The van der Waals surface area contributed by atoms with Crippen LogP contribution >= 0.6 is 0 Å². The van der Waals surface area contributed by atoms with Crippen LogP contribution in [0.2, 0.25) is 0 Å². The van der Waals surface area contributed by atoms with Crippen molar-refractivity contribution < 1.29 is 9.59 Å². The second kappa shape index (κ2) is 9.99. The van der Waals surface area contributed by atoms with Crippen LogP contribution in [-0.2, 0) is 20.4 Å². The lowest BCUT2D eigenvalue weighted by Crippen LogP contribution is -2.29. The Morgan fingerprint density at radius 2 is 0.738 bits per heavy atom. The van der Waals surface area contributed by atoms with Gasteiger partial charge in [0.05, 0.1) is 22.5 Å². The third-order valence-electron chi connectivity index (χ3n) is 8.08. The molecule has 0 aromatic heterocycles. The quantitative estimate of drug-likeness (QED) is 0.255. The van der Waals surface area contributed by atoms with Gasteiger partial charge in [-0.05, 0) is 57.3 Å². The minimum Gasteiger partial charge on any atom is -0.275 e. The molecule has 4 aromatic carbocycles. The van der Waals surface area contributed by atoms with E-state index in [2.05, 4.69) is 65.8 Å². The first-order valence-electron chi connectivity index (χ1n) is 14.5. The predicted molar refractivity (Wildman–Crippen MR) is 172 cm³/mol. The molecular formula is C38H36N2O2. The Balaban J connectivity index is 1.63. The third kappa shape index (κ3) is 4.57. The summed E-state index contributed by atoms with van der Waals surface area (Å²) in [7, 11) is 0. The van der Waals surface area contributed by atoms with Gasteiger partial charge in [0.2, 0.25) is 0 Å². The first kappa shape index (κ1) is 27.5. The van der Waals surface area contributed by atoms with Gasteiger partial charge < -0.3 is 0 Å². The average Bonchev–Trinajstić information content (AvgIpc) is 3.44. The molecule has 0 N–H and O–H groups in total. The molecule has 4 nitrogen and oxygen atoms in total. The van der Waals surface area contributed by atoms with E-state index in [0.29, 0.717) is 22.5 Å². The second-order valence-corrected chi connectivity index (χ2v) is 13.1. The number of amides is 2. The van der Waals surface area contributed by atoms with Gasteiger partial charge in [-0.2, -0.15) is 0 Å². The molecule has 0 spiro atoms. The summed E-state index contributed by atoms with van der Waals surface area (Å²) >= 11 is 0. The van der Waals surface area contributed by atoms with Gasteiger partial charge in [-0.1, -0.05) is 126 Å². The Morgan fingerprint density at radius 3 is 1.02 bits per heavy atom. The maximum Gasteiger partial charge on any atom is 0.265 e. The molecule has 210 valence electrons. The van der Waals surface area contributed by atoms with Crippen molar-refractivity contribution in [3.63, 3.8) is 0 Å². The van der Waals surface area contributed by atoms with E-state index >= 15 is 0 Å². The first-order chi connectivity index (χ1) is 20.0. The van der Waals surface area contributed by atoms with E-state index in [1.807, 2.05) is 84.9 Å². The van der Waals surface area contributed by atoms with Crippen LogP contribution in [-0.4, -0.2) is 11.8 Å². The number of nitrogens with zero attached hydrogens (tertiary/aromatic N) is 2. The van der Waals surface area contributed by atoms with Crippen LogP contribution in [0.3, 0.4) is 0 Å². The van der Waals surface area contributed by atoms with E-state index in [4.69, 9.17) is 0 Å². The van der Waals surface area contributed by atoms with Crippen molar-refractivity contribution in [3.8, 4) is 0 Å². The van der Waals surface area contributed by atoms with Crippen molar-refractivity contribution in [2.45, 2.75) is 52.4 Å². The minimum atomic E-state index is -0.201. The molecule has 0 saturated heterocycles. The Kier molecular flexibility index (Phi) is 6.53. The van der Waals surface area contributed by atoms with Crippen molar-refractivity contribution in [2.24, 2.45) is 0 Å². The lowest BCUT2D eigenvalue weighted by Gasteiger charge is -2.26. The number of rotatable bonds is 4. The molecule has 0 unspecified atom stereocenters. The van der Waals surface area contributed by atoms with E-state index in [-0.39, 0.29) is 22.6 Å². The Hall–Kier alpha value is -4.70. The number of fused-ring (bicyclic) bond motifs is 1. The number of para-hydroxylation sites is 2. The summed E-state index contributed by atoms with van der Waals surface area (Å²) in [5, 5.41) is 0. The number of hydrogen-bond acceptors (Lipinski definition) is 2. The summed E-state index contributed by atoms with van der Waals surface area (Å²) in [6.07, 6.45) is 0. The number of carbonyl (C=O) groups is 2. The molecule has 0 radical (unpaired) electrons. The van der Waals surface area contributed by atoms with Gasteiger partial charge >= 0.3 is 0 Å². The van der Waals surface area contributed by atoms with Crippen molar-refractivity contribution in [1.29, 1.82) is 0 Å². The van der Waals surface area contributed by atoms with Crippen LogP contribution < -0.4 is 9.80 Å². The zero-order chi connectivity index (χ0) is 29.8. The van der Waals surface area contributed by atoms with Gasteiger partial charge in [0.1, 0.15) is 0 Å². The smallest absolute Gasteiger partial charge is 0.265 e. The van der Waals surface area contributed by atoms with Crippen molar-refractivity contribution >= 4 is 34.6 Å². The third-order valence-corrected chi connectivity index (χ3v) is 8.08. The van der Waals surface area contributed by atoms with Crippen LogP contribution in [0, 0.1) is 0 Å². The molecule has 6 rings (SSSR count). The maximum absolute atomic E-state index is 14.6. The lowest BCUT2D eigenvalue weighted by atomic mass is 9.86. The summed E-state index contributed by atoms with van der Waals surface area (Å²) < 4.78 is 0. The SMILES string of the molecule is CC(C)(C)c1ccc(C2=C3C(=O)N(c4ccccc4)C(c4ccc(C(C)(C)C)cc4)=C3C(=O)N2c2ccccc2)cc1. The van der Waals surface area contributed by atoms with Gasteiger partial charge in [-0.15, -0.1) is 0 Å². The lowest BCUT2D eigenvalue weighted by molar-refractivity contribution is -0.115. The highest BCUT2D eigenvalue weighted by atomic mass is 16.2. The zero-order valence-corrected chi connectivity index (χ0v) is 25.1. The molecule has 4 aromatic rings. The fraction of sp³-hybridized carbons (Fsp3) is 0.211. The highest BCUT2D eigenvalue weighted by molar-refractivity contribution is 6.41. The number of carbonyl (C=O) groups excluding carboxylic acids is 2. The van der Waals surface area contributed by atoms with Gasteiger partial charge in [-0.25, -0.2) is 0 Å². The summed E-state index contributed by atoms with van der Waals surface area (Å²) in [5.74, 6) is -0.402. The van der Waals surface area contributed by atoms with Gasteiger partial charge in [0.15, 0.2) is 0 Å². The van der Waals surface area contributed by atoms with Crippen molar-refractivity contribution in [1.82, 2.24) is 0 Å². The average molecular weight is 553 g/mol. The molecule has 0 aliphatic carbocycles. The van der Waals surface area contributed by atoms with Crippen molar-refractivity contribution in [3.05, 3.63) is 143 Å². The summed E-state index contributed by atoms with van der Waals surface area (Å²) in [6.45, 7) is 13.1. The van der Waals surface area contributed by atoms with Gasteiger partial charge in [0, 0.05) is 11.4 Å². The molecule has 4 heteroatoms. The summed E-state index contributed by atoms with van der Waals surface area (Å²) in [6, 6.07) is 35.7. The largest absolute Gasteiger partial charge is 0.275 e. The number of hydrogen-bond donors (Lipinski definition) is 0. The normalized spacial score (nSPS) is 15.7. The molecule has 42 heavy (non-hydrogen) atoms. The molecule has 2 aliphatic rings. The van der Waals surface area contributed by atoms with E-state index in [1.165, 1.54) is 11.1 Å². The molecule has 0 fully saturated rings. The van der Waals surface area contributed by atoms with E-state index < -0.39 is 0 Å². The monoisotopic (exact) mass is 552 g/mol. The molecule has 2 amide bonds. The maximum atomic E-state index is 14.6. The minimum absolute atomic E-state index is 0.0221. The van der Waals surface area contributed by atoms with Crippen LogP contribution in [0.5, 0.6) is 0 Å². The number of benzene rings is 4. The van der Waals surface area contributed by atoms with E-state index in [9.17, 15) is 9.59 Å². The van der Waals surface area contributed by atoms with Crippen LogP contribution in [0.4, 0.5) is 11.4 Å². The van der Waals surface area contributed by atoms with Gasteiger partial charge in [0.25, 0.3) is 11.8 Å². The van der Waals surface area contributed by atoms with E-state index in [0.717, 1.165) is 22.5 Å². The van der Waals surface area contributed by atoms with Crippen LogP contribution in [0.15, 0.2) is 120 Å². The highest BCUT2D eigenvalue weighted by Gasteiger charge is 2.49. The summed E-state index contributed by atoms with van der Waals surface area (Å²) in [5.41, 5.74) is 7.56. The molecule has 0 bridgehead atoms. The molecule has 2 heterocycles. The summed E-state index contributed by atoms with van der Waals surface area (Å²) in [4.78, 5) is 32.6. The predicted octanol–water partition coefficient (Wildman–Crippen LogP) is 8.50. The molecule has 0 atom stereocenters. The first-order valence-corrected chi connectivity index (χ1v) is 14.5. The topological polar surface area (TPSA) is 40.6 Å². The van der Waals surface area contributed by atoms with E-state index in [1.54, 1.807) is 9.80 Å². The number of anilines is 2. The highest BCUT2D eigenvalue weighted by Crippen LogP contribution is 2.49. The molecule has 0 saturated carbocycles. The van der Waals surface area contributed by atoms with Crippen LogP contribution in [0.25, 0.3) is 11.4 Å². The zero-order valence-electron chi connectivity index (χ0n) is 25.1. The van der Waals surface area contributed by atoms with Crippen LogP contribution in [0.1, 0.15) is 63.8 Å². The van der Waals surface area contributed by atoms with Crippen molar-refractivity contribution in [2.75, 3.05) is 9.80 Å². The Labute approximate surface area is 248 Å². The second-order valence-electron chi connectivity index (χ2n) is 13.1. The Bertz CT molecular complexity index is 1600. The fourth-order valence-corrected chi connectivity index (χ4v) is 5.75. The molecule has 2 aliphatic heterocycles. The Morgan fingerprint density at radius 1 is 0.429 bits per heavy atom.